The zero-order valence-electron chi connectivity index (χ0n) is 11.7. The quantitative estimate of drug-likeness (QED) is 0.633. The topological polar surface area (TPSA) is 103 Å². The van der Waals surface area contributed by atoms with Crippen LogP contribution in [-0.4, -0.2) is 46.9 Å². The van der Waals surface area contributed by atoms with Gasteiger partial charge in [0.15, 0.2) is 11.4 Å². The molecule has 0 saturated carbocycles. The van der Waals surface area contributed by atoms with Gasteiger partial charge in [0.05, 0.1) is 25.0 Å². The molecule has 20 heavy (non-hydrogen) atoms. The molecule has 0 aromatic carbocycles. The molecule has 1 aliphatic rings. The molecule has 1 saturated heterocycles. The van der Waals surface area contributed by atoms with Crippen molar-refractivity contribution >= 4 is 29.5 Å². The average Bonchev–Trinajstić information content (AvgIpc) is 2.80. The van der Waals surface area contributed by atoms with E-state index in [9.17, 15) is 0 Å². The minimum Gasteiger partial charge on any atom is -0.391 e. The number of aliphatic imine (C=N–C) groups is 1. The predicted molar refractivity (Wildman–Crippen MR) is 77.4 cm³/mol. The molecule has 0 radical (unpaired) electrons. The molecule has 1 aromatic heterocycles. The molecule has 0 aliphatic carbocycles. The molecule has 1 aliphatic heterocycles. The second-order valence-corrected chi connectivity index (χ2v) is 4.44. The van der Waals surface area contributed by atoms with E-state index in [0.717, 1.165) is 0 Å². The number of nitrogen functional groups attached to an aromatic ring is 1. The fraction of sp³-hybridized carbons (Fsp3) is 0.583. The number of hydrogen-bond donors (Lipinski definition) is 2. The highest BCUT2D eigenvalue weighted by atomic mass is 35.5. The molecule has 1 aromatic rings. The number of rotatable bonds is 2. The second-order valence-electron chi connectivity index (χ2n) is 4.09. The number of aliphatic hydroxyl groups is 1. The lowest BCUT2D eigenvalue weighted by Crippen LogP contribution is -2.13. The van der Waals surface area contributed by atoms with Crippen molar-refractivity contribution in [3.8, 4) is 0 Å². The van der Waals surface area contributed by atoms with Gasteiger partial charge in [-0.05, 0) is 20.8 Å². The van der Waals surface area contributed by atoms with Crippen molar-refractivity contribution in [3.63, 3.8) is 0 Å². The smallest absolute Gasteiger partial charge is 0.221 e. The molecule has 0 amide bonds. The molecule has 0 spiro atoms. The molecule has 2 rings (SSSR count). The van der Waals surface area contributed by atoms with Gasteiger partial charge < -0.3 is 20.3 Å². The third-order valence-electron chi connectivity index (χ3n) is 2.34. The van der Waals surface area contributed by atoms with Crippen molar-refractivity contribution in [3.05, 3.63) is 10.8 Å². The molecule has 7 nitrogen and oxygen atoms in total. The van der Waals surface area contributed by atoms with E-state index in [1.807, 2.05) is 6.92 Å². The van der Waals surface area contributed by atoms with Gasteiger partial charge in [0, 0.05) is 6.21 Å². The normalized spacial score (nSPS) is 21.9. The molecule has 2 heterocycles. The third-order valence-corrected chi connectivity index (χ3v) is 2.60. The van der Waals surface area contributed by atoms with Crippen LogP contribution in [0.2, 0.25) is 5.15 Å². The Morgan fingerprint density at radius 1 is 1.55 bits per heavy atom. The number of aromatic nitrogens is 2. The molecule has 1 fully saturated rings. The van der Waals surface area contributed by atoms with Crippen molar-refractivity contribution in [2.24, 2.45) is 4.99 Å². The largest absolute Gasteiger partial charge is 0.391 e. The van der Waals surface area contributed by atoms with Crippen LogP contribution < -0.4 is 5.73 Å². The minimum atomic E-state index is -0.370. The Kier molecular flexibility index (Phi) is 6.80. The van der Waals surface area contributed by atoms with Gasteiger partial charge in [0.1, 0.15) is 5.69 Å². The van der Waals surface area contributed by atoms with E-state index >= 15 is 0 Å². The van der Waals surface area contributed by atoms with Gasteiger partial charge in [-0.3, -0.25) is 4.99 Å². The van der Waals surface area contributed by atoms with Crippen molar-refractivity contribution < 1.29 is 14.6 Å². The number of nitrogens with zero attached hydrogens (tertiary/aromatic N) is 3. The molecular formula is C12H19ClN4O3. The maximum Gasteiger partial charge on any atom is 0.221 e. The zero-order chi connectivity index (χ0) is 15.1. The highest BCUT2D eigenvalue weighted by molar-refractivity contribution is 6.32. The van der Waals surface area contributed by atoms with Crippen LogP contribution in [0.3, 0.4) is 0 Å². The fourth-order valence-electron chi connectivity index (χ4n) is 1.50. The first-order valence-corrected chi connectivity index (χ1v) is 6.52. The number of ether oxygens (including phenoxy) is 2. The Balaban J connectivity index is 0.000000217. The van der Waals surface area contributed by atoms with Crippen molar-refractivity contribution in [2.45, 2.75) is 33.2 Å². The Labute approximate surface area is 122 Å². The standard InChI is InChI=1S/C7H9ClN4.C5H10O3/c1-3-10-5-4(2)11-7(9)12-6(5)8;1-4-3-7-5(2-6)8-4/h3H,1-2H3,(H2,9,11,12);4-6H,2-3H2,1H3/t;4-,5?/m.0/s1. The van der Waals surface area contributed by atoms with Gasteiger partial charge in [-0.25, -0.2) is 4.98 Å². The minimum absolute atomic E-state index is 0.0374. The van der Waals surface area contributed by atoms with E-state index < -0.39 is 0 Å². The van der Waals surface area contributed by atoms with Crippen LogP contribution in [0.5, 0.6) is 0 Å². The molecule has 112 valence electrons. The fourth-order valence-corrected chi connectivity index (χ4v) is 1.78. The summed E-state index contributed by atoms with van der Waals surface area (Å²) in [7, 11) is 0. The van der Waals surface area contributed by atoms with Crippen LogP contribution in [0.25, 0.3) is 0 Å². The summed E-state index contributed by atoms with van der Waals surface area (Å²) in [4.78, 5) is 11.7. The lowest BCUT2D eigenvalue weighted by atomic mass is 10.4. The van der Waals surface area contributed by atoms with Crippen LogP contribution in [0.15, 0.2) is 4.99 Å². The SMILES string of the molecule is CC=Nc1c(C)nc(N)nc1Cl.C[C@H]1COC(CO)O1. The summed E-state index contributed by atoms with van der Waals surface area (Å²) < 4.78 is 9.98. The van der Waals surface area contributed by atoms with Crippen LogP contribution in [0.4, 0.5) is 11.6 Å². The first-order valence-electron chi connectivity index (χ1n) is 6.14. The molecule has 2 atom stereocenters. The highest BCUT2D eigenvalue weighted by Crippen LogP contribution is 2.25. The van der Waals surface area contributed by atoms with Gasteiger partial charge in [0.25, 0.3) is 0 Å². The summed E-state index contributed by atoms with van der Waals surface area (Å²) >= 11 is 5.77. The Morgan fingerprint density at radius 3 is 2.65 bits per heavy atom. The van der Waals surface area contributed by atoms with Gasteiger partial charge in [-0.2, -0.15) is 4.98 Å². The van der Waals surface area contributed by atoms with Crippen LogP contribution in [0, 0.1) is 6.92 Å². The molecule has 1 unspecified atom stereocenters. The number of hydrogen-bond acceptors (Lipinski definition) is 7. The summed E-state index contributed by atoms with van der Waals surface area (Å²) in [6.07, 6.45) is 1.41. The Bertz CT molecular complexity index is 447. The second kappa shape index (κ2) is 8.11. The van der Waals surface area contributed by atoms with Gasteiger partial charge >= 0.3 is 0 Å². The van der Waals surface area contributed by atoms with E-state index in [0.29, 0.717) is 18.0 Å². The van der Waals surface area contributed by atoms with E-state index in [4.69, 9.17) is 31.9 Å². The molecule has 0 bridgehead atoms. The summed E-state index contributed by atoms with van der Waals surface area (Å²) in [5.41, 5.74) is 6.63. The Hall–Kier alpha value is -1.28. The molecular weight excluding hydrogens is 284 g/mol. The van der Waals surface area contributed by atoms with E-state index in [1.165, 1.54) is 0 Å². The maximum absolute atomic E-state index is 8.43. The molecule has 3 N–H and O–H groups in total. The highest BCUT2D eigenvalue weighted by Gasteiger charge is 2.20. The van der Waals surface area contributed by atoms with Crippen molar-refractivity contribution in [1.82, 2.24) is 9.97 Å². The Morgan fingerprint density at radius 2 is 2.25 bits per heavy atom. The van der Waals surface area contributed by atoms with E-state index in [2.05, 4.69) is 15.0 Å². The van der Waals surface area contributed by atoms with E-state index in [1.54, 1.807) is 20.1 Å². The number of halogens is 1. The molecule has 8 heteroatoms. The summed E-state index contributed by atoms with van der Waals surface area (Å²) in [6.45, 7) is 6.06. The first-order chi connectivity index (χ1) is 9.47. The predicted octanol–water partition coefficient (Wildman–Crippen LogP) is 1.48. The number of aryl methyl sites for hydroxylation is 1. The summed E-state index contributed by atoms with van der Waals surface area (Å²) in [6, 6.07) is 0. The van der Waals surface area contributed by atoms with Crippen molar-refractivity contribution in [2.75, 3.05) is 18.9 Å². The lowest BCUT2D eigenvalue weighted by molar-refractivity contribution is -0.0853. The first kappa shape index (κ1) is 16.8. The van der Waals surface area contributed by atoms with Crippen LogP contribution >= 0.6 is 11.6 Å². The number of nitrogens with two attached hydrogens (primary N) is 1. The van der Waals surface area contributed by atoms with Crippen LogP contribution in [0.1, 0.15) is 19.5 Å². The van der Waals surface area contributed by atoms with Gasteiger partial charge in [-0.15, -0.1) is 0 Å². The number of anilines is 1. The summed E-state index contributed by atoms with van der Waals surface area (Å²) in [5, 5.41) is 8.72. The van der Waals surface area contributed by atoms with Gasteiger partial charge in [-0.1, -0.05) is 11.6 Å². The number of aliphatic hydroxyl groups excluding tert-OH is 1. The third kappa shape index (κ3) is 5.01. The average molecular weight is 303 g/mol. The zero-order valence-corrected chi connectivity index (χ0v) is 12.5. The van der Waals surface area contributed by atoms with E-state index in [-0.39, 0.29) is 30.1 Å². The van der Waals surface area contributed by atoms with Crippen molar-refractivity contribution in [1.29, 1.82) is 0 Å². The summed E-state index contributed by atoms with van der Waals surface area (Å²) in [5.74, 6) is 0.174. The maximum atomic E-state index is 8.43. The monoisotopic (exact) mass is 302 g/mol. The van der Waals surface area contributed by atoms with Gasteiger partial charge in [0.2, 0.25) is 5.95 Å². The van der Waals surface area contributed by atoms with Crippen LogP contribution in [-0.2, 0) is 9.47 Å². The lowest BCUT2D eigenvalue weighted by Gasteiger charge is -2.02.